The van der Waals surface area contributed by atoms with Gasteiger partial charge in [0.1, 0.15) is 0 Å². The molecule has 8 nitrogen and oxygen atoms in total. The number of hydrogen-bond donors (Lipinski definition) is 2. The monoisotopic (exact) mass is 545 g/mol. The van der Waals surface area contributed by atoms with E-state index in [2.05, 4.69) is 22.2 Å². The molecule has 2 aliphatic rings. The first-order chi connectivity index (χ1) is 17.2. The zero-order valence-corrected chi connectivity index (χ0v) is 21.3. The number of fused-ring (bicyclic) bond motifs is 3. The van der Waals surface area contributed by atoms with Crippen molar-refractivity contribution in [1.82, 2.24) is 0 Å². The van der Waals surface area contributed by atoms with E-state index in [0.717, 1.165) is 23.2 Å². The van der Waals surface area contributed by atoms with Gasteiger partial charge in [-0.25, -0.2) is 8.42 Å². The SMILES string of the molecule is COc1ccc([C@H]2Nc3ccc(S(=O)(=O)Nc4ccc(Cl)cc4Cl)cc3[C@H]3C=CC[C@H]32)cc1[N+](=O)[O-]. The van der Waals surface area contributed by atoms with Gasteiger partial charge in [0.2, 0.25) is 0 Å². The Morgan fingerprint density at radius 3 is 2.64 bits per heavy atom. The van der Waals surface area contributed by atoms with Crippen LogP contribution in [-0.4, -0.2) is 20.5 Å². The predicted octanol–water partition coefficient (Wildman–Crippen LogP) is 6.54. The fourth-order valence-electron chi connectivity index (χ4n) is 4.89. The van der Waals surface area contributed by atoms with Crippen LogP contribution in [0.1, 0.15) is 29.5 Å². The van der Waals surface area contributed by atoms with Crippen LogP contribution in [0.5, 0.6) is 5.75 Å². The summed E-state index contributed by atoms with van der Waals surface area (Å²) in [6.07, 6.45) is 4.87. The standard InChI is InChI=1S/C25H21Cl2N3O5S/c1-35-24-10-5-14(11-23(24)30(31)32)25-18-4-2-3-17(18)19-13-16(7-9-21(19)28-25)36(33,34)29-22-8-6-15(26)12-20(22)27/h2-3,5-13,17-18,25,28-29H,4H2,1H3/t17-,18+,25+/m0/s1. The van der Waals surface area contributed by atoms with Gasteiger partial charge < -0.3 is 10.1 Å². The molecule has 0 amide bonds. The van der Waals surface area contributed by atoms with Gasteiger partial charge >= 0.3 is 5.69 Å². The Balaban J connectivity index is 1.49. The van der Waals surface area contributed by atoms with E-state index in [1.165, 1.54) is 31.4 Å². The number of nitrogens with one attached hydrogen (secondary N) is 2. The van der Waals surface area contributed by atoms with Crippen LogP contribution in [-0.2, 0) is 10.0 Å². The Hall–Kier alpha value is -3.27. The molecule has 1 heterocycles. The number of methoxy groups -OCH3 is 1. The van der Waals surface area contributed by atoms with Gasteiger partial charge in [-0.3, -0.25) is 14.8 Å². The summed E-state index contributed by atoms with van der Waals surface area (Å²) in [7, 11) is -2.52. The van der Waals surface area contributed by atoms with Gasteiger partial charge in [0.25, 0.3) is 10.0 Å². The number of nitro benzene ring substituents is 1. The van der Waals surface area contributed by atoms with Crippen LogP contribution in [0.2, 0.25) is 10.0 Å². The molecule has 0 radical (unpaired) electrons. The lowest BCUT2D eigenvalue weighted by molar-refractivity contribution is -0.385. The molecule has 3 aromatic rings. The van der Waals surface area contributed by atoms with Crippen molar-refractivity contribution in [3.8, 4) is 5.75 Å². The Morgan fingerprint density at radius 1 is 1.11 bits per heavy atom. The molecule has 1 aliphatic carbocycles. The second-order valence-electron chi connectivity index (χ2n) is 8.64. The van der Waals surface area contributed by atoms with Crippen LogP contribution < -0.4 is 14.8 Å². The third-order valence-electron chi connectivity index (χ3n) is 6.58. The quantitative estimate of drug-likeness (QED) is 0.206. The zero-order chi connectivity index (χ0) is 25.6. The predicted molar refractivity (Wildman–Crippen MR) is 140 cm³/mol. The lowest BCUT2D eigenvalue weighted by Crippen LogP contribution is -2.29. The molecule has 0 fully saturated rings. The maximum atomic E-state index is 13.1. The van der Waals surface area contributed by atoms with Crippen LogP contribution in [0.3, 0.4) is 0 Å². The molecule has 3 aromatic carbocycles. The van der Waals surface area contributed by atoms with E-state index >= 15 is 0 Å². The maximum Gasteiger partial charge on any atom is 0.311 e. The van der Waals surface area contributed by atoms with Gasteiger partial charge in [-0.15, -0.1) is 0 Å². The molecule has 186 valence electrons. The summed E-state index contributed by atoms with van der Waals surface area (Å²) in [6.45, 7) is 0. The lowest BCUT2D eigenvalue weighted by Gasteiger charge is -2.37. The second kappa shape index (κ2) is 9.31. The van der Waals surface area contributed by atoms with Crippen molar-refractivity contribution in [2.45, 2.75) is 23.3 Å². The largest absolute Gasteiger partial charge is 0.490 e. The summed E-state index contributed by atoms with van der Waals surface area (Å²) in [4.78, 5) is 11.2. The third kappa shape index (κ3) is 4.38. The van der Waals surface area contributed by atoms with Gasteiger partial charge in [0, 0.05) is 22.7 Å². The first kappa shape index (κ1) is 24.4. The molecule has 0 spiro atoms. The van der Waals surface area contributed by atoms with Crippen molar-refractivity contribution in [1.29, 1.82) is 0 Å². The molecule has 2 N–H and O–H groups in total. The molecular formula is C25H21Cl2N3O5S. The van der Waals surface area contributed by atoms with E-state index in [-0.39, 0.29) is 44.9 Å². The van der Waals surface area contributed by atoms with Gasteiger partial charge in [-0.05, 0) is 65.9 Å². The van der Waals surface area contributed by atoms with Crippen LogP contribution in [0, 0.1) is 16.0 Å². The second-order valence-corrected chi connectivity index (χ2v) is 11.2. The fourth-order valence-corrected chi connectivity index (χ4v) is 6.52. The number of nitro groups is 1. The molecule has 0 bridgehead atoms. The molecule has 3 atom stereocenters. The summed E-state index contributed by atoms with van der Waals surface area (Å²) >= 11 is 12.1. The Labute approximate surface area is 218 Å². The molecule has 0 aromatic heterocycles. The van der Waals surface area contributed by atoms with Gasteiger partial charge in [0.05, 0.1) is 33.7 Å². The van der Waals surface area contributed by atoms with E-state index in [0.29, 0.717) is 5.02 Å². The van der Waals surface area contributed by atoms with Gasteiger partial charge in [-0.1, -0.05) is 41.4 Å². The molecule has 0 saturated carbocycles. The van der Waals surface area contributed by atoms with Crippen molar-refractivity contribution in [3.63, 3.8) is 0 Å². The maximum absolute atomic E-state index is 13.1. The molecule has 1 aliphatic heterocycles. The summed E-state index contributed by atoms with van der Waals surface area (Å²) in [6, 6.07) is 14.2. The zero-order valence-electron chi connectivity index (χ0n) is 18.9. The number of hydrogen-bond acceptors (Lipinski definition) is 6. The van der Waals surface area contributed by atoms with Crippen LogP contribution in [0.15, 0.2) is 71.6 Å². The number of sulfonamides is 1. The van der Waals surface area contributed by atoms with E-state index in [4.69, 9.17) is 27.9 Å². The van der Waals surface area contributed by atoms with Crippen molar-refractivity contribution < 1.29 is 18.1 Å². The lowest BCUT2D eigenvalue weighted by atomic mass is 9.77. The van der Waals surface area contributed by atoms with Crippen LogP contribution >= 0.6 is 23.2 Å². The van der Waals surface area contributed by atoms with Gasteiger partial charge in [0.15, 0.2) is 5.75 Å². The number of allylic oxidation sites excluding steroid dienone is 2. The highest BCUT2D eigenvalue weighted by atomic mass is 35.5. The fraction of sp³-hybridized carbons (Fsp3) is 0.200. The summed E-state index contributed by atoms with van der Waals surface area (Å²) < 4.78 is 34.0. The smallest absolute Gasteiger partial charge is 0.311 e. The summed E-state index contributed by atoms with van der Waals surface area (Å²) in [5.74, 6) is 0.202. The molecular weight excluding hydrogens is 525 g/mol. The minimum absolute atomic E-state index is 0.0540. The first-order valence-electron chi connectivity index (χ1n) is 11.1. The Bertz CT molecular complexity index is 1510. The number of nitrogens with zero attached hydrogens (tertiary/aromatic N) is 1. The van der Waals surface area contributed by atoms with E-state index in [1.54, 1.807) is 24.3 Å². The van der Waals surface area contributed by atoms with Crippen LogP contribution in [0.25, 0.3) is 0 Å². The van der Waals surface area contributed by atoms with Crippen molar-refractivity contribution in [2.75, 3.05) is 17.1 Å². The third-order valence-corrected chi connectivity index (χ3v) is 8.49. The first-order valence-corrected chi connectivity index (χ1v) is 13.3. The van der Waals surface area contributed by atoms with E-state index in [1.807, 2.05) is 6.07 Å². The molecule has 5 rings (SSSR count). The number of rotatable bonds is 6. The number of halogens is 2. The average molecular weight is 546 g/mol. The Morgan fingerprint density at radius 2 is 1.92 bits per heavy atom. The number of anilines is 2. The average Bonchev–Trinajstić information content (AvgIpc) is 3.35. The molecule has 0 saturated heterocycles. The highest BCUT2D eigenvalue weighted by Gasteiger charge is 2.39. The van der Waals surface area contributed by atoms with Crippen molar-refractivity contribution in [3.05, 3.63) is 98.0 Å². The van der Waals surface area contributed by atoms with Gasteiger partial charge in [-0.2, -0.15) is 0 Å². The van der Waals surface area contributed by atoms with E-state index < -0.39 is 14.9 Å². The molecule has 36 heavy (non-hydrogen) atoms. The van der Waals surface area contributed by atoms with E-state index in [9.17, 15) is 18.5 Å². The van der Waals surface area contributed by atoms with Crippen molar-refractivity contribution in [2.24, 2.45) is 5.92 Å². The normalized spacial score (nSPS) is 20.2. The highest BCUT2D eigenvalue weighted by Crippen LogP contribution is 2.51. The highest BCUT2D eigenvalue weighted by molar-refractivity contribution is 7.92. The summed E-state index contributed by atoms with van der Waals surface area (Å²) in [5.41, 5.74) is 2.52. The number of benzene rings is 3. The Kier molecular flexibility index (Phi) is 6.32. The number of ether oxygens (including phenoxy) is 1. The molecule has 11 heteroatoms. The van der Waals surface area contributed by atoms with Crippen LogP contribution in [0.4, 0.5) is 17.1 Å². The molecule has 0 unspecified atom stereocenters. The topological polar surface area (TPSA) is 111 Å². The van der Waals surface area contributed by atoms with Crippen molar-refractivity contribution >= 4 is 50.3 Å². The summed E-state index contributed by atoms with van der Waals surface area (Å²) in [5, 5.41) is 15.6. The minimum Gasteiger partial charge on any atom is -0.490 e. The minimum atomic E-state index is -3.92.